The van der Waals surface area contributed by atoms with Crippen molar-refractivity contribution in [2.45, 2.75) is 33.4 Å². The SMILES string of the molecule is COCCN(Cc1ccccc1OC)C(=O)N[C@H](C)c1c(C)n[nH]c1C. The lowest BCUT2D eigenvalue weighted by molar-refractivity contribution is 0.144. The molecule has 0 bridgehead atoms. The number of benzene rings is 1. The Kier molecular flexibility index (Phi) is 7.03. The highest BCUT2D eigenvalue weighted by Gasteiger charge is 2.21. The van der Waals surface area contributed by atoms with Gasteiger partial charge in [-0.25, -0.2) is 4.79 Å². The number of nitrogens with one attached hydrogen (secondary N) is 2. The zero-order valence-electron chi connectivity index (χ0n) is 16.1. The first-order valence-corrected chi connectivity index (χ1v) is 8.65. The van der Waals surface area contributed by atoms with E-state index >= 15 is 0 Å². The number of urea groups is 1. The van der Waals surface area contributed by atoms with Crippen molar-refractivity contribution in [1.29, 1.82) is 0 Å². The number of amides is 2. The second-order valence-corrected chi connectivity index (χ2v) is 6.25. The number of ether oxygens (including phenoxy) is 2. The van der Waals surface area contributed by atoms with Crippen LogP contribution in [-0.2, 0) is 11.3 Å². The van der Waals surface area contributed by atoms with Crippen LogP contribution in [0, 0.1) is 13.8 Å². The van der Waals surface area contributed by atoms with Crippen molar-refractivity contribution in [2.75, 3.05) is 27.4 Å². The van der Waals surface area contributed by atoms with Crippen molar-refractivity contribution >= 4 is 6.03 Å². The first-order chi connectivity index (χ1) is 12.5. The maximum atomic E-state index is 12.9. The van der Waals surface area contributed by atoms with E-state index in [2.05, 4.69) is 15.5 Å². The lowest BCUT2D eigenvalue weighted by Crippen LogP contribution is -2.42. The highest BCUT2D eigenvalue weighted by atomic mass is 16.5. The number of nitrogens with zero attached hydrogens (tertiary/aromatic N) is 2. The van der Waals surface area contributed by atoms with Crippen LogP contribution < -0.4 is 10.1 Å². The lowest BCUT2D eigenvalue weighted by Gasteiger charge is -2.26. The van der Waals surface area contributed by atoms with Crippen molar-refractivity contribution in [1.82, 2.24) is 20.4 Å². The van der Waals surface area contributed by atoms with E-state index < -0.39 is 0 Å². The van der Waals surface area contributed by atoms with E-state index in [1.807, 2.05) is 45.0 Å². The van der Waals surface area contributed by atoms with Gasteiger partial charge in [0.1, 0.15) is 5.75 Å². The van der Waals surface area contributed by atoms with Gasteiger partial charge in [-0.15, -0.1) is 0 Å². The summed E-state index contributed by atoms with van der Waals surface area (Å²) < 4.78 is 10.6. The molecule has 1 heterocycles. The van der Waals surface area contributed by atoms with E-state index in [0.717, 1.165) is 28.3 Å². The van der Waals surface area contributed by atoms with Gasteiger partial charge in [-0.3, -0.25) is 5.10 Å². The molecule has 1 aromatic carbocycles. The molecule has 0 radical (unpaired) electrons. The molecule has 7 heteroatoms. The van der Waals surface area contributed by atoms with E-state index in [9.17, 15) is 4.79 Å². The summed E-state index contributed by atoms with van der Waals surface area (Å²) in [5, 5.41) is 10.2. The number of carbonyl (C=O) groups is 1. The summed E-state index contributed by atoms with van der Waals surface area (Å²) in [5.74, 6) is 0.761. The van der Waals surface area contributed by atoms with E-state index in [0.29, 0.717) is 19.7 Å². The number of aromatic nitrogens is 2. The molecular formula is C19H28N4O3. The fourth-order valence-electron chi connectivity index (χ4n) is 3.04. The van der Waals surface area contributed by atoms with Crippen LogP contribution in [0.15, 0.2) is 24.3 Å². The molecule has 0 saturated carbocycles. The zero-order valence-corrected chi connectivity index (χ0v) is 16.1. The van der Waals surface area contributed by atoms with Crippen molar-refractivity contribution < 1.29 is 14.3 Å². The van der Waals surface area contributed by atoms with Crippen LogP contribution in [-0.4, -0.2) is 48.5 Å². The second-order valence-electron chi connectivity index (χ2n) is 6.25. The van der Waals surface area contributed by atoms with Crippen LogP contribution in [0.1, 0.15) is 35.5 Å². The van der Waals surface area contributed by atoms with E-state index in [4.69, 9.17) is 9.47 Å². The molecule has 1 atom stereocenters. The summed E-state index contributed by atoms with van der Waals surface area (Å²) in [6.07, 6.45) is 0. The Bertz CT molecular complexity index is 710. The van der Waals surface area contributed by atoms with Gasteiger partial charge < -0.3 is 19.7 Å². The van der Waals surface area contributed by atoms with Gasteiger partial charge in [-0.2, -0.15) is 5.10 Å². The van der Waals surface area contributed by atoms with E-state index in [1.54, 1.807) is 19.1 Å². The standard InChI is InChI=1S/C19H28N4O3/c1-13(18-14(2)21-22-15(18)3)20-19(24)23(10-11-25-4)12-16-8-6-7-9-17(16)26-5/h6-9,13H,10-12H2,1-5H3,(H,20,24)(H,21,22)/t13-/m1/s1. The van der Waals surface area contributed by atoms with E-state index in [-0.39, 0.29) is 12.1 Å². The molecule has 2 amide bonds. The first kappa shape index (κ1) is 19.8. The number of rotatable bonds is 8. The molecule has 0 unspecified atom stereocenters. The van der Waals surface area contributed by atoms with Gasteiger partial charge in [0.05, 0.1) is 32.0 Å². The molecule has 7 nitrogen and oxygen atoms in total. The molecule has 2 aromatic rings. The predicted octanol–water partition coefficient (Wildman–Crippen LogP) is 2.95. The van der Waals surface area contributed by atoms with Gasteiger partial charge in [0.15, 0.2) is 0 Å². The third-order valence-electron chi connectivity index (χ3n) is 4.36. The normalized spacial score (nSPS) is 11.9. The molecular weight excluding hydrogens is 332 g/mol. The summed E-state index contributed by atoms with van der Waals surface area (Å²) in [7, 11) is 3.25. The maximum Gasteiger partial charge on any atom is 0.318 e. The minimum absolute atomic E-state index is 0.149. The van der Waals surface area contributed by atoms with E-state index in [1.165, 1.54) is 0 Å². The molecule has 2 N–H and O–H groups in total. The number of carbonyl (C=O) groups excluding carboxylic acids is 1. The van der Waals surface area contributed by atoms with Gasteiger partial charge in [0.25, 0.3) is 0 Å². The van der Waals surface area contributed by atoms with Crippen molar-refractivity contribution in [3.05, 3.63) is 46.8 Å². The quantitative estimate of drug-likeness (QED) is 0.758. The Morgan fingerprint density at radius 2 is 2.04 bits per heavy atom. The molecule has 1 aromatic heterocycles. The number of hydrogen-bond donors (Lipinski definition) is 2. The summed E-state index contributed by atoms with van der Waals surface area (Å²) >= 11 is 0. The summed E-state index contributed by atoms with van der Waals surface area (Å²) in [6.45, 7) is 7.22. The summed E-state index contributed by atoms with van der Waals surface area (Å²) in [5.41, 5.74) is 3.82. The number of methoxy groups -OCH3 is 2. The molecule has 0 saturated heterocycles. The Labute approximate surface area is 154 Å². The van der Waals surface area contributed by atoms with Crippen LogP contribution in [0.3, 0.4) is 0 Å². The van der Waals surface area contributed by atoms with Crippen LogP contribution >= 0.6 is 0 Å². The first-order valence-electron chi connectivity index (χ1n) is 8.65. The third kappa shape index (κ3) is 4.76. The van der Waals surface area contributed by atoms with Crippen LogP contribution in [0.4, 0.5) is 4.79 Å². The largest absolute Gasteiger partial charge is 0.496 e. The summed E-state index contributed by atoms with van der Waals surface area (Å²) in [6, 6.07) is 7.39. The second kappa shape index (κ2) is 9.24. The van der Waals surface area contributed by atoms with Gasteiger partial charge >= 0.3 is 6.03 Å². The molecule has 0 aliphatic heterocycles. The Hall–Kier alpha value is -2.54. The fourth-order valence-corrected chi connectivity index (χ4v) is 3.04. The van der Waals surface area contributed by atoms with Gasteiger partial charge in [-0.1, -0.05) is 18.2 Å². The monoisotopic (exact) mass is 360 g/mol. The third-order valence-corrected chi connectivity index (χ3v) is 4.36. The Balaban J connectivity index is 2.13. The van der Waals surface area contributed by atoms with Crippen molar-refractivity contribution in [3.8, 4) is 5.75 Å². The number of hydrogen-bond acceptors (Lipinski definition) is 4. The van der Waals surface area contributed by atoms with Crippen molar-refractivity contribution in [3.63, 3.8) is 0 Å². The number of para-hydroxylation sites is 1. The molecule has 2 rings (SSSR count). The zero-order chi connectivity index (χ0) is 19.1. The highest BCUT2D eigenvalue weighted by Crippen LogP contribution is 2.21. The van der Waals surface area contributed by atoms with Crippen LogP contribution in [0.5, 0.6) is 5.75 Å². The topological polar surface area (TPSA) is 79.5 Å². The molecule has 0 aliphatic rings. The number of aromatic amines is 1. The smallest absolute Gasteiger partial charge is 0.318 e. The minimum Gasteiger partial charge on any atom is -0.496 e. The van der Waals surface area contributed by atoms with Gasteiger partial charge in [0, 0.05) is 30.5 Å². The molecule has 26 heavy (non-hydrogen) atoms. The average molecular weight is 360 g/mol. The number of aryl methyl sites for hydroxylation is 2. The molecule has 0 fully saturated rings. The molecule has 0 spiro atoms. The summed E-state index contributed by atoms with van der Waals surface area (Å²) in [4.78, 5) is 14.6. The Morgan fingerprint density at radius 3 is 2.65 bits per heavy atom. The molecule has 0 aliphatic carbocycles. The molecule has 142 valence electrons. The number of H-pyrrole nitrogens is 1. The fraction of sp³-hybridized carbons (Fsp3) is 0.474. The average Bonchev–Trinajstić information content (AvgIpc) is 2.97. The van der Waals surface area contributed by atoms with Crippen LogP contribution in [0.25, 0.3) is 0 Å². The minimum atomic E-state index is -0.152. The highest BCUT2D eigenvalue weighted by molar-refractivity contribution is 5.75. The van der Waals surface area contributed by atoms with Gasteiger partial charge in [-0.05, 0) is 26.8 Å². The van der Waals surface area contributed by atoms with Gasteiger partial charge in [0.2, 0.25) is 0 Å². The Morgan fingerprint density at radius 1 is 1.31 bits per heavy atom. The van der Waals surface area contributed by atoms with Crippen LogP contribution in [0.2, 0.25) is 0 Å². The lowest BCUT2D eigenvalue weighted by atomic mass is 10.1. The maximum absolute atomic E-state index is 12.9. The predicted molar refractivity (Wildman–Crippen MR) is 100 cm³/mol. The van der Waals surface area contributed by atoms with Crippen molar-refractivity contribution in [2.24, 2.45) is 0 Å².